The van der Waals surface area contributed by atoms with Crippen LogP contribution in [0.1, 0.15) is 43.9 Å². The van der Waals surface area contributed by atoms with E-state index >= 15 is 0 Å². The van der Waals surface area contributed by atoms with Gasteiger partial charge in [-0.15, -0.1) is 0 Å². The van der Waals surface area contributed by atoms with Crippen molar-refractivity contribution in [3.05, 3.63) is 81.5 Å². The number of rotatable bonds is 7. The van der Waals surface area contributed by atoms with Crippen molar-refractivity contribution >= 4 is 15.6 Å². The number of ether oxygens (including phenoxy) is 1. The van der Waals surface area contributed by atoms with E-state index in [1.165, 1.54) is 30.8 Å². The van der Waals surface area contributed by atoms with Gasteiger partial charge in [0.1, 0.15) is 12.2 Å². The molecule has 3 rings (SSSR count). The van der Waals surface area contributed by atoms with Gasteiger partial charge < -0.3 is 4.74 Å². The predicted molar refractivity (Wildman–Crippen MR) is 117 cm³/mol. The van der Waals surface area contributed by atoms with Crippen molar-refractivity contribution in [3.63, 3.8) is 0 Å². The number of aromatic nitrogens is 2. The number of aryl methyl sites for hydroxylation is 2. The van der Waals surface area contributed by atoms with Crippen molar-refractivity contribution in [2.75, 3.05) is 6.26 Å². The molecule has 1 aromatic heterocycles. The summed E-state index contributed by atoms with van der Waals surface area (Å²) in [4.78, 5) is 13.4. The second-order valence-electron chi connectivity index (χ2n) is 8.14. The van der Waals surface area contributed by atoms with Crippen molar-refractivity contribution in [3.8, 4) is 5.88 Å². The topological polar surface area (TPSA) is 78.3 Å². The fraction of sp³-hybridized carbons (Fsp3) is 0.304. The molecule has 0 aliphatic carbocycles. The lowest BCUT2D eigenvalue weighted by atomic mass is 9.97. The average Bonchev–Trinajstić information content (AvgIpc) is 3.02. The summed E-state index contributed by atoms with van der Waals surface area (Å²) >= 11 is 0. The highest BCUT2D eigenvalue weighted by molar-refractivity contribution is 7.89. The molecule has 0 atom stereocenters. The molecule has 0 saturated heterocycles. The Balaban J connectivity index is 1.98. The number of nitrogens with zero attached hydrogens (tertiary/aromatic N) is 2. The molecule has 3 aromatic rings. The Bertz CT molecular complexity index is 1390. The van der Waals surface area contributed by atoms with E-state index < -0.39 is 44.9 Å². The van der Waals surface area contributed by atoms with Crippen molar-refractivity contribution < 1.29 is 44.3 Å². The van der Waals surface area contributed by atoms with Gasteiger partial charge in [0, 0.05) is 18.9 Å². The number of benzene rings is 2. The molecule has 0 fully saturated rings. The maximum Gasteiger partial charge on any atom is 0.416 e. The van der Waals surface area contributed by atoms with Crippen LogP contribution in [0.4, 0.5) is 26.3 Å². The lowest BCUT2D eigenvalue weighted by molar-refractivity contribution is -0.138. The third-order valence-electron chi connectivity index (χ3n) is 5.15. The number of ketones is 1. The third-order valence-corrected chi connectivity index (χ3v) is 5.98. The van der Waals surface area contributed by atoms with Crippen molar-refractivity contribution in [2.24, 2.45) is 7.05 Å². The van der Waals surface area contributed by atoms with Crippen LogP contribution in [0.15, 0.2) is 42.5 Å². The lowest BCUT2D eigenvalue weighted by Crippen LogP contribution is -2.14. The highest BCUT2D eigenvalue weighted by atomic mass is 32.2. The van der Waals surface area contributed by atoms with E-state index in [1.54, 1.807) is 0 Å². The number of hydrogen-bond acceptors (Lipinski definition) is 5. The SMILES string of the molecule is Cc1nn(C)c(OCc2ccc(C(F)(F)F)cc2)c1C(=O)c1ccc(C(F)(F)F)cc1CS(C)(=O)=O. The molecular weight excluding hydrogens is 514 g/mol. The first kappa shape index (κ1) is 27.2. The van der Waals surface area contributed by atoms with E-state index in [0.29, 0.717) is 17.7 Å². The minimum Gasteiger partial charge on any atom is -0.472 e. The van der Waals surface area contributed by atoms with Crippen LogP contribution < -0.4 is 4.74 Å². The first-order valence-electron chi connectivity index (χ1n) is 10.2. The molecule has 194 valence electrons. The van der Waals surface area contributed by atoms with Crippen LogP contribution in [0.3, 0.4) is 0 Å². The average molecular weight is 534 g/mol. The quantitative estimate of drug-likeness (QED) is 0.311. The Morgan fingerprint density at radius 2 is 1.53 bits per heavy atom. The highest BCUT2D eigenvalue weighted by Crippen LogP contribution is 2.34. The molecule has 0 aliphatic heterocycles. The molecule has 0 amide bonds. The monoisotopic (exact) mass is 534 g/mol. The minimum absolute atomic E-state index is 0.0809. The molecule has 0 N–H and O–H groups in total. The molecular formula is C23H20F6N2O4S. The molecule has 0 unspecified atom stereocenters. The van der Waals surface area contributed by atoms with Crippen LogP contribution in [0.25, 0.3) is 0 Å². The Morgan fingerprint density at radius 1 is 0.972 bits per heavy atom. The van der Waals surface area contributed by atoms with E-state index in [4.69, 9.17) is 4.74 Å². The van der Waals surface area contributed by atoms with E-state index in [1.807, 2.05) is 0 Å². The Kier molecular flexibility index (Phi) is 7.26. The Hall–Kier alpha value is -3.35. The smallest absolute Gasteiger partial charge is 0.416 e. The second-order valence-corrected chi connectivity index (χ2v) is 10.3. The first-order valence-corrected chi connectivity index (χ1v) is 12.3. The van der Waals surface area contributed by atoms with Gasteiger partial charge in [-0.3, -0.25) is 4.79 Å². The van der Waals surface area contributed by atoms with Crippen LogP contribution >= 0.6 is 0 Å². The molecule has 36 heavy (non-hydrogen) atoms. The summed E-state index contributed by atoms with van der Waals surface area (Å²) in [5.41, 5.74) is -2.17. The zero-order chi connectivity index (χ0) is 27.1. The van der Waals surface area contributed by atoms with Crippen LogP contribution in [-0.2, 0) is 41.6 Å². The predicted octanol–water partition coefficient (Wildman–Crippen LogP) is 5.12. The molecule has 6 nitrogen and oxygen atoms in total. The van der Waals surface area contributed by atoms with E-state index in [9.17, 15) is 39.6 Å². The van der Waals surface area contributed by atoms with Crippen LogP contribution in [0.5, 0.6) is 5.88 Å². The van der Waals surface area contributed by atoms with Gasteiger partial charge in [-0.2, -0.15) is 31.4 Å². The molecule has 0 spiro atoms. The van der Waals surface area contributed by atoms with Gasteiger partial charge in [0.2, 0.25) is 11.7 Å². The number of carbonyl (C=O) groups is 1. The Morgan fingerprint density at radius 3 is 2.06 bits per heavy atom. The number of carbonyl (C=O) groups excluding carboxylic acids is 1. The van der Waals surface area contributed by atoms with Gasteiger partial charge in [0.25, 0.3) is 0 Å². The van der Waals surface area contributed by atoms with Crippen LogP contribution in [0, 0.1) is 6.92 Å². The number of sulfone groups is 1. The molecule has 2 aromatic carbocycles. The molecule has 1 heterocycles. The van der Waals surface area contributed by atoms with Crippen LogP contribution in [-0.4, -0.2) is 30.2 Å². The molecule has 0 saturated carbocycles. The highest BCUT2D eigenvalue weighted by Gasteiger charge is 2.33. The lowest BCUT2D eigenvalue weighted by Gasteiger charge is -2.14. The van der Waals surface area contributed by atoms with E-state index in [-0.39, 0.29) is 34.9 Å². The third kappa shape index (κ3) is 6.25. The molecule has 0 bridgehead atoms. The van der Waals surface area contributed by atoms with Gasteiger partial charge in [-0.05, 0) is 42.3 Å². The van der Waals surface area contributed by atoms with E-state index in [0.717, 1.165) is 24.5 Å². The summed E-state index contributed by atoms with van der Waals surface area (Å²) in [7, 11) is -2.36. The van der Waals surface area contributed by atoms with E-state index in [2.05, 4.69) is 5.10 Å². The number of hydrogen-bond donors (Lipinski definition) is 0. The minimum atomic E-state index is -4.76. The van der Waals surface area contributed by atoms with Gasteiger partial charge in [0.15, 0.2) is 9.84 Å². The van der Waals surface area contributed by atoms with Crippen molar-refractivity contribution in [1.82, 2.24) is 9.78 Å². The summed E-state index contributed by atoms with van der Waals surface area (Å²) in [5, 5.41) is 4.10. The summed E-state index contributed by atoms with van der Waals surface area (Å²) in [5.74, 6) is -1.70. The first-order chi connectivity index (χ1) is 16.5. The number of halogens is 6. The zero-order valence-electron chi connectivity index (χ0n) is 19.2. The summed E-state index contributed by atoms with van der Waals surface area (Å²) in [6, 6.07) is 6.34. The van der Waals surface area contributed by atoms with Crippen LogP contribution in [0.2, 0.25) is 0 Å². The standard InChI is InChI=1S/C23H20F6N2O4S/c1-13-19(20(32)18-9-8-17(23(27,28)29)10-15(18)12-36(3,33)34)21(31(2)30-13)35-11-14-4-6-16(7-5-14)22(24,25)26/h4-10H,11-12H2,1-3H3. The second kappa shape index (κ2) is 9.60. The fourth-order valence-corrected chi connectivity index (χ4v) is 4.34. The fourth-order valence-electron chi connectivity index (χ4n) is 3.53. The largest absolute Gasteiger partial charge is 0.472 e. The summed E-state index contributed by atoms with van der Waals surface area (Å²) in [6.45, 7) is 1.22. The van der Waals surface area contributed by atoms with Gasteiger partial charge in [0.05, 0.1) is 22.6 Å². The maximum atomic E-state index is 13.4. The number of alkyl halides is 6. The van der Waals surface area contributed by atoms with Crippen molar-refractivity contribution in [1.29, 1.82) is 0 Å². The molecule has 13 heteroatoms. The summed E-state index contributed by atoms with van der Waals surface area (Å²) in [6.07, 6.45) is -8.44. The maximum absolute atomic E-state index is 13.4. The van der Waals surface area contributed by atoms with Gasteiger partial charge in [-0.25, -0.2) is 13.1 Å². The Labute approximate surface area is 202 Å². The van der Waals surface area contributed by atoms with Crippen molar-refractivity contribution in [2.45, 2.75) is 31.6 Å². The molecule has 0 radical (unpaired) electrons. The normalized spacial score (nSPS) is 12.6. The zero-order valence-corrected chi connectivity index (χ0v) is 20.0. The summed E-state index contributed by atoms with van der Waals surface area (Å²) < 4.78 is 109. The van der Waals surface area contributed by atoms with Gasteiger partial charge >= 0.3 is 12.4 Å². The van der Waals surface area contributed by atoms with Gasteiger partial charge in [-0.1, -0.05) is 18.2 Å². The molecule has 0 aliphatic rings.